The number of methoxy groups -OCH3 is 1. The van der Waals surface area contributed by atoms with Gasteiger partial charge in [0.05, 0.1) is 24.6 Å². The molecular weight excluding hydrogens is 386 g/mol. The van der Waals surface area contributed by atoms with Crippen LogP contribution in [0.5, 0.6) is 17.2 Å². The van der Waals surface area contributed by atoms with Crippen LogP contribution in [0, 0.1) is 0 Å². The number of phenols is 1. The van der Waals surface area contributed by atoms with Crippen LogP contribution in [0.15, 0.2) is 66.9 Å². The Hall–Kier alpha value is -3.58. The molecule has 0 aliphatic heterocycles. The third kappa shape index (κ3) is 5.27. The summed E-state index contributed by atoms with van der Waals surface area (Å²) in [5.74, 6) is -0.0743. The number of pyridine rings is 1. The second-order valence-corrected chi connectivity index (χ2v) is 6.63. The summed E-state index contributed by atoms with van der Waals surface area (Å²) < 4.78 is 15.9. The largest absolute Gasteiger partial charge is 0.504 e. The van der Waals surface area contributed by atoms with Gasteiger partial charge in [-0.25, -0.2) is 4.79 Å². The van der Waals surface area contributed by atoms with Crippen molar-refractivity contribution in [1.29, 1.82) is 0 Å². The van der Waals surface area contributed by atoms with Gasteiger partial charge in [0.2, 0.25) is 0 Å². The lowest BCUT2D eigenvalue weighted by atomic mass is 10.1. The quantitative estimate of drug-likeness (QED) is 0.548. The van der Waals surface area contributed by atoms with E-state index in [-0.39, 0.29) is 17.1 Å². The van der Waals surface area contributed by atoms with Gasteiger partial charge in [-0.2, -0.15) is 0 Å². The summed E-state index contributed by atoms with van der Waals surface area (Å²) >= 11 is 0. The van der Waals surface area contributed by atoms with Gasteiger partial charge in [-0.1, -0.05) is 30.3 Å². The van der Waals surface area contributed by atoms with Crippen LogP contribution < -0.4 is 9.47 Å². The molecule has 1 aromatic heterocycles. The van der Waals surface area contributed by atoms with Crippen LogP contribution in [0.4, 0.5) is 0 Å². The van der Waals surface area contributed by atoms with Crippen LogP contribution in [0.25, 0.3) is 0 Å². The zero-order valence-electron chi connectivity index (χ0n) is 16.7. The number of benzene rings is 2. The molecule has 2 atom stereocenters. The molecule has 3 aromatic rings. The summed E-state index contributed by atoms with van der Waals surface area (Å²) in [7, 11) is 1.26. The van der Waals surface area contributed by atoms with Gasteiger partial charge >= 0.3 is 5.97 Å². The molecule has 0 saturated heterocycles. The number of aliphatic hydroxyl groups excluding tert-OH is 1. The fourth-order valence-electron chi connectivity index (χ4n) is 2.76. The van der Waals surface area contributed by atoms with Crippen LogP contribution in [0.1, 0.15) is 34.6 Å². The lowest BCUT2D eigenvalue weighted by Gasteiger charge is -2.21. The fraction of sp³-hybridized carbons (Fsp3) is 0.217. The molecular formula is C23H23NO6. The second kappa shape index (κ2) is 9.76. The molecule has 0 amide bonds. The lowest BCUT2D eigenvalue weighted by molar-refractivity contribution is 0.0422. The Morgan fingerprint density at radius 2 is 1.87 bits per heavy atom. The van der Waals surface area contributed by atoms with Crippen molar-refractivity contribution < 1.29 is 29.2 Å². The van der Waals surface area contributed by atoms with Crippen LogP contribution in [0.2, 0.25) is 0 Å². The van der Waals surface area contributed by atoms with E-state index >= 15 is 0 Å². The minimum atomic E-state index is -1.03. The van der Waals surface area contributed by atoms with Gasteiger partial charge in [0.15, 0.2) is 11.5 Å². The minimum Gasteiger partial charge on any atom is -0.504 e. The van der Waals surface area contributed by atoms with Gasteiger partial charge in [0.1, 0.15) is 24.6 Å². The predicted octanol–water partition coefficient (Wildman–Crippen LogP) is 3.65. The Kier molecular flexibility index (Phi) is 6.87. The monoisotopic (exact) mass is 409 g/mol. The third-order valence-corrected chi connectivity index (χ3v) is 4.45. The maximum Gasteiger partial charge on any atom is 0.337 e. The summed E-state index contributed by atoms with van der Waals surface area (Å²) in [5.41, 5.74) is 1.64. The maximum absolute atomic E-state index is 11.5. The van der Waals surface area contributed by atoms with Crippen molar-refractivity contribution in [3.63, 3.8) is 0 Å². The number of hydrogen-bond donors (Lipinski definition) is 2. The zero-order valence-corrected chi connectivity index (χ0v) is 16.7. The normalized spacial score (nSPS) is 12.6. The van der Waals surface area contributed by atoms with E-state index in [0.717, 1.165) is 5.56 Å². The molecule has 30 heavy (non-hydrogen) atoms. The number of hydrogen-bond acceptors (Lipinski definition) is 7. The van der Waals surface area contributed by atoms with Crippen molar-refractivity contribution in [1.82, 2.24) is 4.98 Å². The first kappa shape index (κ1) is 21.1. The minimum absolute atomic E-state index is 0.136. The first-order chi connectivity index (χ1) is 14.5. The highest BCUT2D eigenvalue weighted by Gasteiger charge is 2.21. The summed E-state index contributed by atoms with van der Waals surface area (Å²) in [6.07, 6.45) is -0.201. The highest BCUT2D eigenvalue weighted by molar-refractivity contribution is 5.90. The van der Waals surface area contributed by atoms with E-state index < -0.39 is 18.2 Å². The summed E-state index contributed by atoms with van der Waals surface area (Å²) in [5, 5.41) is 20.6. The standard InChI is InChI=1S/C23H23NO6/c1-15(30-21-11-8-17(12-20(21)25)23(27)28-2)22(26)19-10-9-18(13-24-19)29-14-16-6-4-3-5-7-16/h3-13,15,22,25-26H,14H2,1-2H3. The molecule has 0 radical (unpaired) electrons. The van der Waals surface area contributed by atoms with Gasteiger partial charge in [-0.15, -0.1) is 0 Å². The van der Waals surface area contributed by atoms with Gasteiger partial charge in [-0.05, 0) is 42.8 Å². The maximum atomic E-state index is 11.5. The Morgan fingerprint density at radius 3 is 2.50 bits per heavy atom. The van der Waals surface area contributed by atoms with Crippen molar-refractivity contribution in [3.8, 4) is 17.2 Å². The number of aromatic hydroxyl groups is 1. The number of rotatable bonds is 8. The number of carbonyl (C=O) groups excluding carboxylic acids is 1. The van der Waals surface area contributed by atoms with Crippen LogP contribution >= 0.6 is 0 Å². The van der Waals surface area contributed by atoms with Crippen molar-refractivity contribution in [2.75, 3.05) is 7.11 Å². The SMILES string of the molecule is COC(=O)c1ccc(OC(C)C(O)c2ccc(OCc3ccccc3)cn2)c(O)c1. The number of aliphatic hydroxyl groups is 1. The molecule has 2 unspecified atom stereocenters. The van der Waals surface area contributed by atoms with Gasteiger partial charge in [0, 0.05) is 0 Å². The van der Waals surface area contributed by atoms with E-state index in [2.05, 4.69) is 9.72 Å². The highest BCUT2D eigenvalue weighted by atomic mass is 16.5. The number of phenolic OH excluding ortho intramolecular Hbond substituents is 1. The first-order valence-electron chi connectivity index (χ1n) is 9.36. The van der Waals surface area contributed by atoms with Gasteiger partial charge in [-0.3, -0.25) is 4.98 Å². The Labute approximate surface area is 174 Å². The highest BCUT2D eigenvalue weighted by Crippen LogP contribution is 2.30. The van der Waals surface area contributed by atoms with E-state index in [9.17, 15) is 15.0 Å². The third-order valence-electron chi connectivity index (χ3n) is 4.45. The summed E-state index contributed by atoms with van der Waals surface area (Å²) in [4.78, 5) is 15.8. The first-order valence-corrected chi connectivity index (χ1v) is 9.36. The number of aromatic nitrogens is 1. The number of ether oxygens (including phenoxy) is 3. The van der Waals surface area contributed by atoms with Crippen LogP contribution in [-0.4, -0.2) is 34.4 Å². The molecule has 0 spiro atoms. The molecule has 7 heteroatoms. The zero-order chi connectivity index (χ0) is 21.5. The molecule has 3 rings (SSSR count). The van der Waals surface area contributed by atoms with Crippen LogP contribution in [0.3, 0.4) is 0 Å². The average molecular weight is 409 g/mol. The molecule has 0 aliphatic rings. The molecule has 0 fully saturated rings. The second-order valence-electron chi connectivity index (χ2n) is 6.63. The van der Waals surface area contributed by atoms with E-state index in [1.165, 1.54) is 31.5 Å². The number of esters is 1. The van der Waals surface area contributed by atoms with Crippen molar-refractivity contribution in [3.05, 3.63) is 83.7 Å². The van der Waals surface area contributed by atoms with Gasteiger partial charge in [0.25, 0.3) is 0 Å². The summed E-state index contributed by atoms with van der Waals surface area (Å²) in [6.45, 7) is 2.07. The van der Waals surface area contributed by atoms with E-state index in [1.54, 1.807) is 19.1 Å². The summed E-state index contributed by atoms with van der Waals surface area (Å²) in [6, 6.07) is 17.3. The Bertz CT molecular complexity index is 975. The smallest absolute Gasteiger partial charge is 0.337 e. The van der Waals surface area contributed by atoms with E-state index in [4.69, 9.17) is 9.47 Å². The molecule has 0 saturated carbocycles. The Morgan fingerprint density at radius 1 is 1.10 bits per heavy atom. The van der Waals surface area contributed by atoms with E-state index in [0.29, 0.717) is 18.1 Å². The molecule has 0 bridgehead atoms. The van der Waals surface area contributed by atoms with Gasteiger partial charge < -0.3 is 24.4 Å². The molecule has 7 nitrogen and oxygen atoms in total. The number of carbonyl (C=O) groups is 1. The molecule has 0 aliphatic carbocycles. The van der Waals surface area contributed by atoms with Crippen molar-refractivity contribution in [2.45, 2.75) is 25.7 Å². The topological polar surface area (TPSA) is 98.1 Å². The van der Waals surface area contributed by atoms with E-state index in [1.807, 2.05) is 30.3 Å². The lowest BCUT2D eigenvalue weighted by Crippen LogP contribution is -2.22. The fourth-order valence-corrected chi connectivity index (χ4v) is 2.76. The van der Waals surface area contributed by atoms with Crippen molar-refractivity contribution >= 4 is 5.97 Å². The Balaban J connectivity index is 1.60. The molecule has 156 valence electrons. The molecule has 1 heterocycles. The molecule has 2 aromatic carbocycles. The molecule has 2 N–H and O–H groups in total. The predicted molar refractivity (Wildman–Crippen MR) is 110 cm³/mol. The average Bonchev–Trinajstić information content (AvgIpc) is 2.79. The number of nitrogens with zero attached hydrogens (tertiary/aromatic N) is 1. The van der Waals surface area contributed by atoms with Crippen molar-refractivity contribution in [2.24, 2.45) is 0 Å². The van der Waals surface area contributed by atoms with Crippen LogP contribution in [-0.2, 0) is 11.3 Å².